The van der Waals surface area contributed by atoms with Gasteiger partial charge in [0.25, 0.3) is 0 Å². The highest BCUT2D eigenvalue weighted by atomic mass is 16.5. The van der Waals surface area contributed by atoms with Gasteiger partial charge in [-0.3, -0.25) is 9.69 Å². The van der Waals surface area contributed by atoms with Gasteiger partial charge in [0.1, 0.15) is 0 Å². The van der Waals surface area contributed by atoms with Crippen molar-refractivity contribution in [2.75, 3.05) is 38.8 Å². The van der Waals surface area contributed by atoms with E-state index in [4.69, 9.17) is 14.2 Å². The number of hydrogen-bond donors (Lipinski definition) is 0. The van der Waals surface area contributed by atoms with E-state index >= 15 is 0 Å². The number of anilines is 1. The molecule has 7 rings (SSSR count). The third-order valence-corrected chi connectivity index (χ3v) is 8.81. The van der Waals surface area contributed by atoms with Crippen molar-refractivity contribution in [2.45, 2.75) is 42.9 Å². The summed E-state index contributed by atoms with van der Waals surface area (Å²) >= 11 is 0. The molecule has 4 fully saturated rings. The predicted octanol–water partition coefficient (Wildman–Crippen LogP) is 2.11. The van der Waals surface area contributed by atoms with Gasteiger partial charge in [-0.25, -0.2) is 0 Å². The van der Waals surface area contributed by atoms with Gasteiger partial charge < -0.3 is 19.1 Å². The van der Waals surface area contributed by atoms with E-state index in [0.717, 1.165) is 30.9 Å². The van der Waals surface area contributed by atoms with Gasteiger partial charge in [0.15, 0.2) is 11.5 Å². The Labute approximate surface area is 170 Å². The number of carbonyl (C=O) groups excluding carboxylic acids is 1. The second-order valence-corrected chi connectivity index (χ2v) is 9.48. The summed E-state index contributed by atoms with van der Waals surface area (Å²) in [6.07, 6.45) is 5.11. The van der Waals surface area contributed by atoms with Crippen LogP contribution in [0.2, 0.25) is 0 Å². The molecule has 0 aromatic heterocycles. The fourth-order valence-electron chi connectivity index (χ4n) is 7.87. The molecule has 6 atom stereocenters. The number of benzene rings is 1. The number of fused-ring (bicyclic) bond motifs is 2. The highest BCUT2D eigenvalue weighted by Crippen LogP contribution is 2.66. The third kappa shape index (κ3) is 1.76. The van der Waals surface area contributed by atoms with E-state index in [1.807, 2.05) is 6.07 Å². The molecule has 6 heteroatoms. The molecule has 6 aliphatic rings. The summed E-state index contributed by atoms with van der Waals surface area (Å²) in [7, 11) is 3.36. The average Bonchev–Trinajstić information content (AvgIpc) is 3.20. The molecule has 0 unspecified atom stereocenters. The lowest BCUT2D eigenvalue weighted by molar-refractivity contribution is -0.132. The minimum Gasteiger partial charge on any atom is -0.493 e. The van der Waals surface area contributed by atoms with Crippen LogP contribution in [0.5, 0.6) is 11.5 Å². The van der Waals surface area contributed by atoms with Crippen LogP contribution in [0.1, 0.15) is 24.8 Å². The molecule has 6 nitrogen and oxygen atoms in total. The maximum Gasteiger partial charge on any atom is 0.229 e. The summed E-state index contributed by atoms with van der Waals surface area (Å²) in [6, 6.07) is 4.87. The maximum absolute atomic E-state index is 13.5. The SMILES string of the molecule is COc1cc2c(cc1OC)[C@]13CCN4CC5=CCO[C@H]6CC(=O)N2[C@@H]1[C@H]6[C@@H]5C[C@@H]43. The Morgan fingerprint density at radius 2 is 2.03 bits per heavy atom. The lowest BCUT2D eigenvalue weighted by Gasteiger charge is -2.58. The lowest BCUT2D eigenvalue weighted by Crippen LogP contribution is -2.69. The Morgan fingerprint density at radius 3 is 2.86 bits per heavy atom. The molecule has 1 amide bonds. The number of methoxy groups -OCH3 is 2. The monoisotopic (exact) mass is 394 g/mol. The zero-order valence-corrected chi connectivity index (χ0v) is 16.9. The van der Waals surface area contributed by atoms with Crippen LogP contribution in [-0.2, 0) is 14.9 Å². The van der Waals surface area contributed by atoms with E-state index in [0.29, 0.717) is 36.7 Å². The largest absolute Gasteiger partial charge is 0.493 e. The van der Waals surface area contributed by atoms with Crippen LogP contribution in [0.25, 0.3) is 0 Å². The Bertz CT molecular complexity index is 974. The quantitative estimate of drug-likeness (QED) is 0.719. The second-order valence-electron chi connectivity index (χ2n) is 9.48. The van der Waals surface area contributed by atoms with Gasteiger partial charge in [-0.2, -0.15) is 0 Å². The van der Waals surface area contributed by atoms with Crippen molar-refractivity contribution in [3.8, 4) is 11.5 Å². The molecule has 1 aliphatic carbocycles. The maximum atomic E-state index is 13.5. The van der Waals surface area contributed by atoms with E-state index in [2.05, 4.69) is 21.9 Å². The molecule has 5 heterocycles. The van der Waals surface area contributed by atoms with Gasteiger partial charge in [-0.05, 0) is 36.9 Å². The van der Waals surface area contributed by atoms with Crippen molar-refractivity contribution in [3.05, 3.63) is 29.3 Å². The van der Waals surface area contributed by atoms with Gasteiger partial charge in [0, 0.05) is 30.0 Å². The standard InChI is InChI=1S/C23H26N2O4/c1-27-16-8-14-15(9-17(16)28-2)25-20(26)10-18-21-13-7-19-23(14,22(21)25)4-5-24(19)11-12(13)3-6-29-18/h3,8-9,13,18-19,21-22H,4-7,10-11H2,1-2H3/t13-,18+,19-,21+,22-,23+/m1/s1. The molecular weight excluding hydrogens is 368 g/mol. The van der Waals surface area contributed by atoms with Crippen LogP contribution in [0.15, 0.2) is 23.8 Å². The molecule has 0 radical (unpaired) electrons. The fourth-order valence-corrected chi connectivity index (χ4v) is 7.87. The first-order chi connectivity index (χ1) is 14.2. The number of ether oxygens (including phenoxy) is 3. The summed E-state index contributed by atoms with van der Waals surface area (Å²) in [4.78, 5) is 18.3. The van der Waals surface area contributed by atoms with Gasteiger partial charge in [-0.1, -0.05) is 11.6 Å². The minimum atomic E-state index is -0.0242. The van der Waals surface area contributed by atoms with E-state index in [9.17, 15) is 4.79 Å². The molecule has 152 valence electrons. The van der Waals surface area contributed by atoms with Crippen molar-refractivity contribution in [2.24, 2.45) is 11.8 Å². The van der Waals surface area contributed by atoms with Crippen molar-refractivity contribution >= 4 is 11.6 Å². The van der Waals surface area contributed by atoms with Crippen LogP contribution < -0.4 is 14.4 Å². The topological polar surface area (TPSA) is 51.2 Å². The number of nitrogens with zero attached hydrogens (tertiary/aromatic N) is 2. The summed E-state index contributed by atoms with van der Waals surface area (Å²) in [6.45, 7) is 2.80. The predicted molar refractivity (Wildman–Crippen MR) is 107 cm³/mol. The molecule has 3 saturated heterocycles. The normalized spacial score (nSPS) is 41.0. The smallest absolute Gasteiger partial charge is 0.229 e. The Hall–Kier alpha value is -2.05. The van der Waals surface area contributed by atoms with E-state index < -0.39 is 0 Å². The summed E-state index contributed by atoms with van der Waals surface area (Å²) in [5, 5.41) is 0. The lowest BCUT2D eigenvalue weighted by atomic mass is 9.53. The Morgan fingerprint density at radius 1 is 1.21 bits per heavy atom. The molecule has 5 aliphatic heterocycles. The first kappa shape index (κ1) is 16.7. The Balaban J connectivity index is 1.52. The van der Waals surface area contributed by atoms with Crippen molar-refractivity contribution in [3.63, 3.8) is 0 Å². The van der Waals surface area contributed by atoms with Crippen LogP contribution in [0.3, 0.4) is 0 Å². The van der Waals surface area contributed by atoms with Gasteiger partial charge in [0.05, 0.1) is 45.1 Å². The number of amides is 1. The first-order valence-electron chi connectivity index (χ1n) is 10.8. The van der Waals surface area contributed by atoms with E-state index in [1.165, 1.54) is 12.0 Å². The molecule has 2 bridgehead atoms. The molecule has 29 heavy (non-hydrogen) atoms. The molecule has 0 N–H and O–H groups in total. The molecule has 1 aromatic carbocycles. The molecule has 1 aromatic rings. The molecule has 1 saturated carbocycles. The average molecular weight is 394 g/mol. The van der Waals surface area contributed by atoms with Gasteiger partial charge >= 0.3 is 0 Å². The second kappa shape index (κ2) is 5.35. The third-order valence-electron chi connectivity index (χ3n) is 8.81. The first-order valence-corrected chi connectivity index (χ1v) is 10.8. The summed E-state index contributed by atoms with van der Waals surface area (Å²) in [5.74, 6) is 2.57. The molecular formula is C23H26N2O4. The van der Waals surface area contributed by atoms with Gasteiger partial charge in [-0.15, -0.1) is 0 Å². The van der Waals surface area contributed by atoms with Crippen LogP contribution >= 0.6 is 0 Å². The van der Waals surface area contributed by atoms with Crippen molar-refractivity contribution in [1.82, 2.24) is 4.90 Å². The van der Waals surface area contributed by atoms with E-state index in [1.54, 1.807) is 19.8 Å². The van der Waals surface area contributed by atoms with Crippen LogP contribution in [0.4, 0.5) is 5.69 Å². The number of carbonyl (C=O) groups is 1. The zero-order valence-electron chi connectivity index (χ0n) is 16.9. The summed E-state index contributed by atoms with van der Waals surface area (Å²) < 4.78 is 17.6. The highest BCUT2D eigenvalue weighted by Gasteiger charge is 2.71. The minimum absolute atomic E-state index is 0.0242. The number of piperidine rings is 2. The van der Waals surface area contributed by atoms with Gasteiger partial charge in [0.2, 0.25) is 5.91 Å². The summed E-state index contributed by atoms with van der Waals surface area (Å²) in [5.41, 5.74) is 3.85. The zero-order chi connectivity index (χ0) is 19.5. The van der Waals surface area contributed by atoms with Crippen molar-refractivity contribution in [1.29, 1.82) is 0 Å². The van der Waals surface area contributed by atoms with Crippen LogP contribution in [0, 0.1) is 11.8 Å². The van der Waals surface area contributed by atoms with Crippen molar-refractivity contribution < 1.29 is 19.0 Å². The fraction of sp³-hybridized carbons (Fsp3) is 0.609. The number of rotatable bonds is 2. The number of hydrogen-bond acceptors (Lipinski definition) is 5. The molecule has 1 spiro atoms. The van der Waals surface area contributed by atoms with E-state index in [-0.39, 0.29) is 23.5 Å². The Kier molecular flexibility index (Phi) is 3.08. The highest BCUT2D eigenvalue weighted by molar-refractivity contribution is 5.99. The van der Waals surface area contributed by atoms with Crippen LogP contribution in [-0.4, -0.2) is 62.9 Å².